The van der Waals surface area contributed by atoms with Gasteiger partial charge < -0.3 is 14.8 Å². The molecular weight excluding hydrogens is 226 g/mol. The summed E-state index contributed by atoms with van der Waals surface area (Å²) in [6.45, 7) is 2.14. The van der Waals surface area contributed by atoms with E-state index in [0.29, 0.717) is 13.2 Å². The highest BCUT2D eigenvalue weighted by molar-refractivity contribution is 6.30. The normalized spacial score (nSPS) is 18.9. The van der Waals surface area contributed by atoms with Crippen LogP contribution in [0.1, 0.15) is 12.0 Å². The summed E-state index contributed by atoms with van der Waals surface area (Å²) in [7, 11) is 1.92. The van der Waals surface area contributed by atoms with E-state index in [2.05, 4.69) is 5.32 Å². The monoisotopic (exact) mass is 241 g/mol. The standard InChI is InChI=1S/C12H16ClNO2/c1-14-7-6-12(15-8-9-16-12)10-2-4-11(13)5-3-10/h2-5,14H,6-9H2,1H3. The highest BCUT2D eigenvalue weighted by Crippen LogP contribution is 2.34. The van der Waals surface area contributed by atoms with Gasteiger partial charge in [-0.15, -0.1) is 0 Å². The molecule has 1 fully saturated rings. The van der Waals surface area contributed by atoms with Gasteiger partial charge in [0.2, 0.25) is 0 Å². The molecule has 1 aliphatic heterocycles. The number of nitrogens with one attached hydrogen (secondary N) is 1. The highest BCUT2D eigenvalue weighted by Gasteiger charge is 2.37. The van der Waals surface area contributed by atoms with E-state index in [1.807, 2.05) is 31.3 Å². The number of hydrogen-bond donors (Lipinski definition) is 1. The van der Waals surface area contributed by atoms with Gasteiger partial charge in [0.1, 0.15) is 0 Å². The van der Waals surface area contributed by atoms with Gasteiger partial charge in [0.05, 0.1) is 13.2 Å². The van der Waals surface area contributed by atoms with Gasteiger partial charge in [0.25, 0.3) is 0 Å². The summed E-state index contributed by atoms with van der Waals surface area (Å²) < 4.78 is 11.5. The van der Waals surface area contributed by atoms with Crippen LogP contribution >= 0.6 is 11.6 Å². The van der Waals surface area contributed by atoms with Crippen LogP contribution in [0.3, 0.4) is 0 Å². The fraction of sp³-hybridized carbons (Fsp3) is 0.500. The maximum absolute atomic E-state index is 5.87. The molecular formula is C12H16ClNO2. The molecule has 0 radical (unpaired) electrons. The highest BCUT2D eigenvalue weighted by atomic mass is 35.5. The maximum Gasteiger partial charge on any atom is 0.196 e. The van der Waals surface area contributed by atoms with E-state index >= 15 is 0 Å². The third kappa shape index (κ3) is 2.38. The van der Waals surface area contributed by atoms with E-state index in [-0.39, 0.29) is 0 Å². The van der Waals surface area contributed by atoms with Crippen molar-refractivity contribution in [2.24, 2.45) is 0 Å². The Hall–Kier alpha value is -0.610. The van der Waals surface area contributed by atoms with Gasteiger partial charge in [-0.25, -0.2) is 0 Å². The molecule has 3 nitrogen and oxygen atoms in total. The Balaban J connectivity index is 2.21. The molecule has 0 aromatic heterocycles. The van der Waals surface area contributed by atoms with Crippen molar-refractivity contribution in [3.05, 3.63) is 34.9 Å². The van der Waals surface area contributed by atoms with Crippen LogP contribution < -0.4 is 5.32 Å². The number of benzene rings is 1. The number of hydrogen-bond acceptors (Lipinski definition) is 3. The molecule has 0 amide bonds. The molecule has 0 saturated carbocycles. The SMILES string of the molecule is CNCCC1(c2ccc(Cl)cc2)OCCO1. The lowest BCUT2D eigenvalue weighted by atomic mass is 10.0. The van der Waals surface area contributed by atoms with E-state index in [1.54, 1.807) is 0 Å². The van der Waals surface area contributed by atoms with Gasteiger partial charge in [0.15, 0.2) is 5.79 Å². The van der Waals surface area contributed by atoms with Crippen LogP contribution in [0.2, 0.25) is 5.02 Å². The molecule has 0 bridgehead atoms. The van der Waals surface area contributed by atoms with Crippen molar-refractivity contribution in [2.75, 3.05) is 26.8 Å². The molecule has 1 aromatic carbocycles. The lowest BCUT2D eigenvalue weighted by molar-refractivity contribution is -0.169. The minimum Gasteiger partial charge on any atom is -0.343 e. The molecule has 2 rings (SSSR count). The summed E-state index contributed by atoms with van der Waals surface area (Å²) >= 11 is 5.87. The second-order valence-corrected chi connectivity index (χ2v) is 4.25. The molecule has 0 aliphatic carbocycles. The van der Waals surface area contributed by atoms with Crippen LogP contribution in [-0.4, -0.2) is 26.8 Å². The Labute approximate surface area is 101 Å². The fourth-order valence-corrected chi connectivity index (χ4v) is 2.03. The first kappa shape index (κ1) is 11.9. The molecule has 1 aliphatic rings. The summed E-state index contributed by atoms with van der Waals surface area (Å²) in [5.74, 6) is -0.590. The summed E-state index contributed by atoms with van der Waals surface area (Å²) in [4.78, 5) is 0. The minimum atomic E-state index is -0.590. The first-order valence-corrected chi connectivity index (χ1v) is 5.83. The van der Waals surface area contributed by atoms with Gasteiger partial charge >= 0.3 is 0 Å². The summed E-state index contributed by atoms with van der Waals surface area (Å²) in [6.07, 6.45) is 0.797. The van der Waals surface area contributed by atoms with Crippen molar-refractivity contribution < 1.29 is 9.47 Å². The van der Waals surface area contributed by atoms with E-state index in [1.165, 1.54) is 0 Å². The second-order valence-electron chi connectivity index (χ2n) is 3.81. The van der Waals surface area contributed by atoms with Crippen molar-refractivity contribution in [3.8, 4) is 0 Å². The summed E-state index contributed by atoms with van der Waals surface area (Å²) in [5.41, 5.74) is 1.03. The number of rotatable bonds is 4. The lowest BCUT2D eigenvalue weighted by Gasteiger charge is -2.27. The predicted molar refractivity (Wildman–Crippen MR) is 63.6 cm³/mol. The maximum atomic E-state index is 5.87. The molecule has 4 heteroatoms. The molecule has 1 N–H and O–H groups in total. The van der Waals surface area contributed by atoms with Gasteiger partial charge in [-0.3, -0.25) is 0 Å². The Kier molecular flexibility index (Phi) is 3.82. The average Bonchev–Trinajstić information content (AvgIpc) is 2.77. The van der Waals surface area contributed by atoms with Crippen LogP contribution in [0.5, 0.6) is 0 Å². The smallest absolute Gasteiger partial charge is 0.196 e. The summed E-state index contributed by atoms with van der Waals surface area (Å²) in [5, 5.41) is 3.84. The topological polar surface area (TPSA) is 30.5 Å². The predicted octanol–water partition coefficient (Wildman–Crippen LogP) is 2.15. The van der Waals surface area contributed by atoms with Crippen molar-refractivity contribution in [1.82, 2.24) is 5.32 Å². The van der Waals surface area contributed by atoms with Gasteiger partial charge in [0, 0.05) is 23.6 Å². The molecule has 88 valence electrons. The Morgan fingerprint density at radius 2 is 1.88 bits per heavy atom. The Morgan fingerprint density at radius 3 is 2.44 bits per heavy atom. The number of halogens is 1. The van der Waals surface area contributed by atoms with Gasteiger partial charge in [-0.2, -0.15) is 0 Å². The first-order valence-electron chi connectivity index (χ1n) is 5.45. The third-order valence-corrected chi connectivity index (χ3v) is 2.99. The fourth-order valence-electron chi connectivity index (χ4n) is 1.90. The van der Waals surface area contributed by atoms with Crippen molar-refractivity contribution in [1.29, 1.82) is 0 Å². The van der Waals surface area contributed by atoms with E-state index in [0.717, 1.165) is 23.6 Å². The minimum absolute atomic E-state index is 0.590. The quantitative estimate of drug-likeness (QED) is 0.876. The molecule has 16 heavy (non-hydrogen) atoms. The van der Waals surface area contributed by atoms with Gasteiger partial charge in [-0.05, 0) is 19.2 Å². The van der Waals surface area contributed by atoms with Gasteiger partial charge in [-0.1, -0.05) is 23.7 Å². The molecule has 0 spiro atoms. The lowest BCUT2D eigenvalue weighted by Crippen LogP contribution is -2.31. The molecule has 1 aromatic rings. The second kappa shape index (κ2) is 5.15. The largest absolute Gasteiger partial charge is 0.343 e. The Bertz CT molecular complexity index is 333. The van der Waals surface area contributed by atoms with Crippen molar-refractivity contribution in [3.63, 3.8) is 0 Å². The van der Waals surface area contributed by atoms with E-state index in [4.69, 9.17) is 21.1 Å². The zero-order valence-electron chi connectivity index (χ0n) is 9.33. The zero-order chi connectivity index (χ0) is 11.4. The molecule has 0 unspecified atom stereocenters. The first-order chi connectivity index (χ1) is 7.77. The molecule has 0 atom stereocenters. The Morgan fingerprint density at radius 1 is 1.25 bits per heavy atom. The van der Waals surface area contributed by atoms with Crippen LogP contribution in [0.25, 0.3) is 0 Å². The van der Waals surface area contributed by atoms with Crippen molar-refractivity contribution in [2.45, 2.75) is 12.2 Å². The number of ether oxygens (including phenoxy) is 2. The van der Waals surface area contributed by atoms with E-state index in [9.17, 15) is 0 Å². The van der Waals surface area contributed by atoms with E-state index < -0.39 is 5.79 Å². The zero-order valence-corrected chi connectivity index (χ0v) is 10.1. The van der Waals surface area contributed by atoms with Crippen LogP contribution in [0, 0.1) is 0 Å². The van der Waals surface area contributed by atoms with Crippen LogP contribution in [-0.2, 0) is 15.3 Å². The van der Waals surface area contributed by atoms with Crippen molar-refractivity contribution >= 4 is 11.6 Å². The van der Waals surface area contributed by atoms with Crippen LogP contribution in [0.4, 0.5) is 0 Å². The molecule has 1 heterocycles. The summed E-state index contributed by atoms with van der Waals surface area (Å²) in [6, 6.07) is 7.65. The van der Waals surface area contributed by atoms with Crippen LogP contribution in [0.15, 0.2) is 24.3 Å². The average molecular weight is 242 g/mol. The molecule has 1 saturated heterocycles. The third-order valence-electron chi connectivity index (χ3n) is 2.74.